The number of carbonyl (C=O) groups is 2. The van der Waals surface area contributed by atoms with Gasteiger partial charge >= 0.3 is 5.97 Å². The van der Waals surface area contributed by atoms with E-state index in [-0.39, 0.29) is 43.3 Å². The van der Waals surface area contributed by atoms with E-state index in [2.05, 4.69) is 22.2 Å². The molecule has 14 atom stereocenters. The highest BCUT2D eigenvalue weighted by Crippen LogP contribution is 2.41. The number of fused-ring (bicyclic) bond motifs is 4. The quantitative estimate of drug-likeness (QED) is 0.164. The Balaban J connectivity index is 1.44. The van der Waals surface area contributed by atoms with Gasteiger partial charge in [0.25, 0.3) is 0 Å². The summed E-state index contributed by atoms with van der Waals surface area (Å²) < 4.78 is 72.1. The Bertz CT molecular complexity index is 2170. The Labute approximate surface area is 395 Å². The SMILES string of the molecule is C=C1CO[C@@H]2[C@@H](C)C(NC(C)=O)=C(C)C[C@@](C)(OC1)[C@H](O[C@@H]1O[C@H](C)C[C@H](N(C)CCc3cn([C@H](CF)Cc4ccc(S(C)(=O)=O)cc4)nn3)[C@H]1O)[C@@H](C)[C@H](O)[C@@H](C)C(=O)O[C@H](CC)[C@@]2(C)O. The molecule has 1 amide bonds. The molecule has 19 heteroatoms. The number of hydrogen-bond donors (Lipinski definition) is 4. The number of likely N-dealkylation sites (N-methyl/N-ethyl adjacent to an activating group) is 1. The van der Waals surface area contributed by atoms with Crippen LogP contribution in [0.2, 0.25) is 0 Å². The fraction of sp³-hybridized carbons (Fsp3) is 0.708. The number of hydrogen-bond acceptors (Lipinski definition) is 15. The second kappa shape index (κ2) is 22.4. The van der Waals surface area contributed by atoms with E-state index in [0.29, 0.717) is 41.9 Å². The van der Waals surface area contributed by atoms with Crippen molar-refractivity contribution in [3.05, 3.63) is 65.1 Å². The summed E-state index contributed by atoms with van der Waals surface area (Å²) in [6.45, 7) is 19.3. The van der Waals surface area contributed by atoms with Crippen molar-refractivity contribution in [2.24, 2.45) is 17.8 Å². The van der Waals surface area contributed by atoms with Crippen molar-refractivity contribution in [2.75, 3.05) is 39.7 Å². The molecule has 4 heterocycles. The van der Waals surface area contributed by atoms with Gasteiger partial charge in [0.1, 0.15) is 24.5 Å². The summed E-state index contributed by atoms with van der Waals surface area (Å²) in [6.07, 6.45) is -3.04. The van der Waals surface area contributed by atoms with Gasteiger partial charge in [-0.05, 0) is 84.2 Å². The summed E-state index contributed by atoms with van der Waals surface area (Å²) in [4.78, 5) is 28.9. The van der Waals surface area contributed by atoms with Crippen molar-refractivity contribution in [3.8, 4) is 0 Å². The van der Waals surface area contributed by atoms with Crippen LogP contribution in [0.25, 0.3) is 0 Å². The number of esters is 1. The molecule has 0 radical (unpaired) electrons. The summed E-state index contributed by atoms with van der Waals surface area (Å²) in [5.74, 6) is -3.69. The largest absolute Gasteiger partial charge is 0.459 e. The highest BCUT2D eigenvalue weighted by atomic mass is 32.2. The maximum Gasteiger partial charge on any atom is 0.311 e. The number of aromatic nitrogens is 3. The number of halogens is 1. The normalized spacial score (nSPS) is 34.5. The van der Waals surface area contributed by atoms with Crippen molar-refractivity contribution < 1.29 is 61.4 Å². The molecular formula is C48H74FN5O12S. The molecule has 3 aliphatic heterocycles. The van der Waals surface area contributed by atoms with Gasteiger partial charge in [-0.1, -0.05) is 50.3 Å². The van der Waals surface area contributed by atoms with Crippen LogP contribution in [-0.2, 0) is 56.0 Å². The summed E-state index contributed by atoms with van der Waals surface area (Å²) in [6, 6.07) is 5.20. The van der Waals surface area contributed by atoms with Gasteiger partial charge in [0.2, 0.25) is 5.91 Å². The van der Waals surface area contributed by atoms with Gasteiger partial charge in [-0.2, -0.15) is 0 Å². The van der Waals surface area contributed by atoms with E-state index in [4.69, 9.17) is 23.7 Å². The number of rotatable bonds is 13. The zero-order valence-corrected chi connectivity index (χ0v) is 41.8. The first-order chi connectivity index (χ1) is 31.3. The minimum absolute atomic E-state index is 0.0155. The van der Waals surface area contributed by atoms with Crippen LogP contribution in [0.4, 0.5) is 4.39 Å². The Morgan fingerprint density at radius 2 is 1.79 bits per heavy atom. The van der Waals surface area contributed by atoms with E-state index < -0.39 is 106 Å². The Hall–Kier alpha value is -3.66. The third-order valence-electron chi connectivity index (χ3n) is 13.8. The van der Waals surface area contributed by atoms with E-state index >= 15 is 0 Å². The van der Waals surface area contributed by atoms with Gasteiger partial charge in [0.15, 0.2) is 16.1 Å². The van der Waals surface area contributed by atoms with Crippen LogP contribution in [0.1, 0.15) is 98.9 Å². The van der Waals surface area contributed by atoms with E-state index in [9.17, 15) is 37.7 Å². The molecule has 2 bridgehead atoms. The lowest BCUT2D eigenvalue weighted by Gasteiger charge is -2.48. The summed E-state index contributed by atoms with van der Waals surface area (Å²) in [5, 5.41) is 48.0. The van der Waals surface area contributed by atoms with Crippen molar-refractivity contribution >= 4 is 21.7 Å². The molecule has 0 unspecified atom stereocenters. The molecule has 17 nitrogen and oxygen atoms in total. The van der Waals surface area contributed by atoms with E-state index in [0.717, 1.165) is 11.8 Å². The fourth-order valence-electron chi connectivity index (χ4n) is 9.94. The fourth-order valence-corrected chi connectivity index (χ4v) is 10.6. The van der Waals surface area contributed by atoms with Crippen molar-refractivity contribution in [1.82, 2.24) is 25.2 Å². The molecule has 1 aromatic carbocycles. The number of nitrogens with one attached hydrogen (secondary N) is 1. The molecule has 1 fully saturated rings. The maximum absolute atomic E-state index is 14.3. The Morgan fingerprint density at radius 1 is 1.12 bits per heavy atom. The number of aliphatic hydroxyl groups is 3. The lowest BCUT2D eigenvalue weighted by atomic mass is 9.76. The third kappa shape index (κ3) is 13.0. The number of nitrogens with zero attached hydrogens (tertiary/aromatic N) is 4. The topological polar surface area (TPSA) is 221 Å². The molecule has 3 aliphatic rings. The number of aliphatic hydroxyl groups excluding tert-OH is 2. The molecule has 67 heavy (non-hydrogen) atoms. The van der Waals surface area contributed by atoms with Crippen LogP contribution in [0.5, 0.6) is 0 Å². The molecule has 376 valence electrons. The van der Waals surface area contributed by atoms with Crippen LogP contribution in [0.15, 0.2) is 58.8 Å². The van der Waals surface area contributed by atoms with Gasteiger partial charge in [-0.25, -0.2) is 17.5 Å². The number of sulfone groups is 1. The average Bonchev–Trinajstić information content (AvgIpc) is 3.74. The number of ether oxygens (including phenoxy) is 5. The lowest BCUT2D eigenvalue weighted by molar-refractivity contribution is -0.302. The first-order valence-corrected chi connectivity index (χ1v) is 25.2. The molecule has 2 aromatic rings. The molecule has 4 N–H and O–H groups in total. The molecular weight excluding hydrogens is 890 g/mol. The van der Waals surface area contributed by atoms with Crippen molar-refractivity contribution in [3.63, 3.8) is 0 Å². The van der Waals surface area contributed by atoms with Gasteiger partial charge < -0.3 is 49.2 Å². The van der Waals surface area contributed by atoms with Crippen molar-refractivity contribution in [1.29, 1.82) is 0 Å². The van der Waals surface area contributed by atoms with Gasteiger partial charge in [0, 0.05) is 62.3 Å². The minimum atomic E-state index is -3.37. The van der Waals surface area contributed by atoms with E-state index in [1.165, 1.54) is 23.7 Å². The highest BCUT2D eigenvalue weighted by molar-refractivity contribution is 7.90. The summed E-state index contributed by atoms with van der Waals surface area (Å²) in [7, 11) is -1.50. The van der Waals surface area contributed by atoms with E-state index in [1.807, 2.05) is 39.6 Å². The van der Waals surface area contributed by atoms with Crippen LogP contribution in [0, 0.1) is 17.8 Å². The molecule has 0 spiro atoms. The number of alkyl halides is 1. The Kier molecular flexibility index (Phi) is 18.1. The molecule has 1 saturated heterocycles. The monoisotopic (exact) mass is 964 g/mol. The second-order valence-corrected chi connectivity index (χ2v) is 21.7. The van der Waals surface area contributed by atoms with Crippen LogP contribution >= 0.6 is 0 Å². The smallest absolute Gasteiger partial charge is 0.311 e. The van der Waals surface area contributed by atoms with Crippen molar-refractivity contribution in [2.45, 2.75) is 166 Å². The zero-order valence-electron chi connectivity index (χ0n) is 41.0. The highest BCUT2D eigenvalue weighted by Gasteiger charge is 2.52. The summed E-state index contributed by atoms with van der Waals surface area (Å²) in [5.41, 5.74) is -0.0378. The number of cyclic esters (lactones) is 1. The standard InChI is InChI=1S/C48H74FN5O12S/c1-13-39-48(10,59)44-30(5)40(50-33(8)55)28(3)22-47(9,63-26-27(2)25-62-44)43(31(6)41(56)32(7)45(58)65-39)66-46-42(57)38(20-29(4)64-46)53(11)19-18-35-24-54(52-51-35)36(23-49)21-34-14-16-37(17-15-34)67(12,60)61/h14-17,24,29-32,36,38-39,41-44,46,56-57,59H,2,13,18-23,25-26H2,1,3-12H3,(H,50,55)/t29-,30+,31+,32-,36+,38+,39-,41+,42-,43-,44-,46+,47-,48-/m1/s1. The predicted octanol–water partition coefficient (Wildman–Crippen LogP) is 4.04. The number of amides is 1. The molecule has 0 saturated carbocycles. The van der Waals surface area contributed by atoms with E-state index in [1.54, 1.807) is 46.0 Å². The van der Waals surface area contributed by atoms with Crippen LogP contribution in [-0.4, -0.2) is 155 Å². The number of carbonyl (C=O) groups excluding carboxylic acids is 2. The third-order valence-corrected chi connectivity index (χ3v) is 15.0. The minimum Gasteiger partial charge on any atom is -0.459 e. The van der Waals surface area contributed by atoms with Gasteiger partial charge in [-0.3, -0.25) is 9.59 Å². The molecule has 1 aromatic heterocycles. The first-order valence-electron chi connectivity index (χ1n) is 23.3. The predicted molar refractivity (Wildman–Crippen MR) is 247 cm³/mol. The van der Waals surface area contributed by atoms with Gasteiger partial charge in [-0.15, -0.1) is 5.10 Å². The number of benzene rings is 1. The summed E-state index contributed by atoms with van der Waals surface area (Å²) >= 11 is 0. The van der Waals surface area contributed by atoms with Crippen LogP contribution in [0.3, 0.4) is 0 Å². The van der Waals surface area contributed by atoms with Crippen LogP contribution < -0.4 is 5.32 Å². The maximum atomic E-state index is 14.3. The zero-order chi connectivity index (χ0) is 49.8. The molecule has 0 aliphatic carbocycles. The average molecular weight is 964 g/mol. The molecule has 5 rings (SSSR count). The second-order valence-electron chi connectivity index (χ2n) is 19.6. The van der Waals surface area contributed by atoms with Gasteiger partial charge in [0.05, 0.1) is 65.8 Å². The Morgan fingerprint density at radius 3 is 2.40 bits per heavy atom. The first kappa shape index (κ1) is 54.3. The lowest BCUT2D eigenvalue weighted by Crippen LogP contribution is -2.60.